The van der Waals surface area contributed by atoms with Gasteiger partial charge < -0.3 is 4.57 Å². The molecule has 0 aliphatic heterocycles. The molecule has 0 unspecified atom stereocenters. The molecule has 0 bridgehead atoms. The van der Waals surface area contributed by atoms with E-state index in [1.54, 1.807) is 10.9 Å². The Morgan fingerprint density at radius 3 is 2.47 bits per heavy atom. The van der Waals surface area contributed by atoms with E-state index in [1.807, 2.05) is 17.6 Å². The van der Waals surface area contributed by atoms with Crippen LogP contribution in [0.1, 0.15) is 56.2 Å². The average Bonchev–Trinajstić information content (AvgIpc) is 3.48. The number of alkyl halides is 3. The highest BCUT2D eigenvalue weighted by Crippen LogP contribution is 2.49. The maximum absolute atomic E-state index is 13.2. The third kappa shape index (κ3) is 3.56. The second-order valence-electron chi connectivity index (χ2n) is 8.92. The molecule has 2 aliphatic rings. The van der Waals surface area contributed by atoms with Gasteiger partial charge in [-0.25, -0.2) is 13.4 Å². The van der Waals surface area contributed by atoms with Crippen LogP contribution in [0.2, 0.25) is 0 Å². The maximum atomic E-state index is 13.2. The molecule has 7 nitrogen and oxygen atoms in total. The zero-order chi connectivity index (χ0) is 24.3. The number of aryl methyl sites for hydroxylation is 1. The van der Waals surface area contributed by atoms with Gasteiger partial charge in [-0.3, -0.25) is 4.98 Å². The van der Waals surface area contributed by atoms with Crippen LogP contribution in [-0.4, -0.2) is 34.7 Å². The molecule has 0 aromatic carbocycles. The van der Waals surface area contributed by atoms with Crippen LogP contribution in [0.5, 0.6) is 0 Å². The Balaban J connectivity index is 1.58. The normalized spacial score (nSPS) is 18.0. The van der Waals surface area contributed by atoms with E-state index in [1.165, 1.54) is 12.1 Å². The number of fused-ring (bicyclic) bond motifs is 1. The molecule has 0 radical (unpaired) electrons. The van der Waals surface area contributed by atoms with E-state index < -0.39 is 21.7 Å². The maximum Gasteiger partial charge on any atom is 0.407 e. The van der Waals surface area contributed by atoms with Crippen molar-refractivity contribution in [3.8, 4) is 17.5 Å². The van der Waals surface area contributed by atoms with Gasteiger partial charge in [0.1, 0.15) is 22.2 Å². The van der Waals surface area contributed by atoms with E-state index >= 15 is 0 Å². The number of hydrogen-bond acceptors (Lipinski definition) is 5. The van der Waals surface area contributed by atoms with E-state index in [0.717, 1.165) is 37.4 Å². The predicted octanol–water partition coefficient (Wildman–Crippen LogP) is 4.63. The summed E-state index contributed by atoms with van der Waals surface area (Å²) < 4.78 is 68.8. The minimum absolute atomic E-state index is 0.146. The molecular weight excluding hydrogens is 467 g/mol. The minimum atomic E-state index is -4.66. The van der Waals surface area contributed by atoms with Crippen LogP contribution >= 0.6 is 0 Å². The summed E-state index contributed by atoms with van der Waals surface area (Å²) in [4.78, 5) is 8.53. The van der Waals surface area contributed by atoms with E-state index in [2.05, 4.69) is 16.0 Å². The number of hydrogen-bond donors (Lipinski definition) is 1. The third-order valence-electron chi connectivity index (χ3n) is 6.77. The van der Waals surface area contributed by atoms with Crippen molar-refractivity contribution < 1.29 is 21.6 Å². The number of halogens is 3. The lowest BCUT2D eigenvalue weighted by molar-refractivity contribution is -0.160. The summed E-state index contributed by atoms with van der Waals surface area (Å²) in [6, 6.07) is 7.01. The fourth-order valence-corrected chi connectivity index (χ4v) is 5.74. The number of nitrogens with zero attached hydrogens (tertiary/aromatic N) is 4. The number of nitrogens with one attached hydrogen (secondary N) is 1. The SMILES string of the molecule is CCc1cnc2c(c1)c(C#N)c(-c1ccc(S(=O)(=O)NC3(C(F)(F)F)CC3)cn1)n2C1CCC1. The molecule has 3 aromatic rings. The van der Waals surface area contributed by atoms with Gasteiger partial charge >= 0.3 is 6.18 Å². The van der Waals surface area contributed by atoms with Gasteiger partial charge in [0.25, 0.3) is 0 Å². The highest BCUT2D eigenvalue weighted by molar-refractivity contribution is 7.89. The quantitative estimate of drug-likeness (QED) is 0.544. The summed E-state index contributed by atoms with van der Waals surface area (Å²) in [7, 11) is -4.42. The van der Waals surface area contributed by atoms with Crippen molar-refractivity contribution >= 4 is 21.1 Å². The molecule has 0 saturated heterocycles. The van der Waals surface area contributed by atoms with Gasteiger partial charge in [0, 0.05) is 23.8 Å². The predicted molar refractivity (Wildman–Crippen MR) is 118 cm³/mol. The lowest BCUT2D eigenvalue weighted by Crippen LogP contribution is -2.47. The average molecular weight is 490 g/mol. The van der Waals surface area contributed by atoms with Crippen LogP contribution in [0.3, 0.4) is 0 Å². The van der Waals surface area contributed by atoms with Crippen LogP contribution in [-0.2, 0) is 16.4 Å². The molecule has 3 heterocycles. The van der Waals surface area contributed by atoms with Crippen molar-refractivity contribution in [1.29, 1.82) is 5.26 Å². The molecule has 11 heteroatoms. The van der Waals surface area contributed by atoms with Crippen molar-refractivity contribution in [2.75, 3.05) is 0 Å². The Kier molecular flexibility index (Phi) is 5.22. The largest absolute Gasteiger partial charge is 0.407 e. The van der Waals surface area contributed by atoms with E-state index in [4.69, 9.17) is 0 Å². The molecule has 2 aliphatic carbocycles. The summed E-state index contributed by atoms with van der Waals surface area (Å²) in [6.45, 7) is 2.00. The highest BCUT2D eigenvalue weighted by Gasteiger charge is 2.65. The molecule has 0 spiro atoms. The van der Waals surface area contributed by atoms with Crippen molar-refractivity contribution in [2.24, 2.45) is 0 Å². The highest BCUT2D eigenvalue weighted by atomic mass is 32.2. The number of sulfonamides is 1. The van der Waals surface area contributed by atoms with E-state index in [0.29, 0.717) is 28.0 Å². The Bertz CT molecular complexity index is 1410. The first kappa shape index (κ1) is 22.8. The second kappa shape index (κ2) is 7.78. The summed E-state index contributed by atoms with van der Waals surface area (Å²) in [5.41, 5.74) is 0.580. The van der Waals surface area contributed by atoms with Gasteiger partial charge in [-0.2, -0.15) is 23.2 Å². The number of aromatic nitrogens is 3. The van der Waals surface area contributed by atoms with Gasteiger partial charge in [0.05, 0.1) is 17.0 Å². The van der Waals surface area contributed by atoms with E-state index in [-0.39, 0.29) is 23.8 Å². The molecule has 2 fully saturated rings. The Hall–Kier alpha value is -2.97. The van der Waals surface area contributed by atoms with E-state index in [9.17, 15) is 26.9 Å². The topological polar surface area (TPSA) is 101 Å². The van der Waals surface area contributed by atoms with Gasteiger partial charge in [0.15, 0.2) is 0 Å². The third-order valence-corrected chi connectivity index (χ3v) is 8.29. The Labute approximate surface area is 194 Å². The van der Waals surface area contributed by atoms with Gasteiger partial charge in [0.2, 0.25) is 10.0 Å². The molecular formula is C23H22F3N5O2S. The first-order valence-corrected chi connectivity index (χ1v) is 12.6. The molecule has 0 amide bonds. The van der Waals surface area contributed by atoms with Gasteiger partial charge in [-0.05, 0) is 62.3 Å². The molecule has 2 saturated carbocycles. The van der Waals surface area contributed by atoms with Crippen LogP contribution in [0.4, 0.5) is 13.2 Å². The monoisotopic (exact) mass is 489 g/mol. The first-order chi connectivity index (χ1) is 16.1. The van der Waals surface area contributed by atoms with Crippen molar-refractivity contribution in [3.63, 3.8) is 0 Å². The van der Waals surface area contributed by atoms with Crippen LogP contribution in [0.25, 0.3) is 22.4 Å². The molecule has 34 heavy (non-hydrogen) atoms. The van der Waals surface area contributed by atoms with Crippen LogP contribution in [0.15, 0.2) is 35.5 Å². The molecule has 3 aromatic heterocycles. The summed E-state index contributed by atoms with van der Waals surface area (Å²) in [5.74, 6) is 0. The first-order valence-electron chi connectivity index (χ1n) is 11.1. The molecule has 5 rings (SSSR count). The Morgan fingerprint density at radius 1 is 1.24 bits per heavy atom. The molecule has 1 N–H and O–H groups in total. The fraction of sp³-hybridized carbons (Fsp3) is 0.435. The zero-order valence-corrected chi connectivity index (χ0v) is 19.2. The molecule has 0 atom stereocenters. The lowest BCUT2D eigenvalue weighted by atomic mass is 9.92. The van der Waals surface area contributed by atoms with Crippen LogP contribution in [0, 0.1) is 11.3 Å². The van der Waals surface area contributed by atoms with Gasteiger partial charge in [-0.15, -0.1) is 0 Å². The number of rotatable bonds is 6. The Morgan fingerprint density at radius 2 is 1.97 bits per heavy atom. The van der Waals surface area contributed by atoms with Crippen molar-refractivity contribution in [1.82, 2.24) is 19.3 Å². The molecule has 178 valence electrons. The van der Waals surface area contributed by atoms with Crippen LogP contribution < -0.4 is 4.72 Å². The zero-order valence-electron chi connectivity index (χ0n) is 18.4. The summed E-state index contributed by atoms with van der Waals surface area (Å²) >= 11 is 0. The number of nitriles is 1. The lowest BCUT2D eigenvalue weighted by Gasteiger charge is -2.29. The standard InChI is InChI=1S/C23H22F3N5O2S/c1-2-14-10-17-18(11-27)20(31(15-4-3-5-15)21(17)29-12-14)19-7-6-16(13-28-19)34(32,33)30-22(8-9-22)23(24,25)26/h6-7,10,12-13,15,30H,2-5,8-9H2,1H3. The fourth-order valence-electron chi connectivity index (χ4n) is 4.35. The number of pyridine rings is 2. The van der Waals surface area contributed by atoms with Crippen molar-refractivity contribution in [2.45, 2.75) is 68.1 Å². The smallest absolute Gasteiger partial charge is 0.320 e. The van der Waals surface area contributed by atoms with Gasteiger partial charge in [-0.1, -0.05) is 6.92 Å². The second-order valence-corrected chi connectivity index (χ2v) is 10.6. The minimum Gasteiger partial charge on any atom is -0.320 e. The van der Waals surface area contributed by atoms with Crippen molar-refractivity contribution in [3.05, 3.63) is 41.7 Å². The summed E-state index contributed by atoms with van der Waals surface area (Å²) in [6.07, 6.45) is 1.24. The summed E-state index contributed by atoms with van der Waals surface area (Å²) in [5, 5.41) is 10.7.